The Hall–Kier alpha value is -3.02. The molecule has 0 aliphatic carbocycles. The van der Waals surface area contributed by atoms with E-state index in [1.807, 2.05) is 0 Å². The molecule has 0 aliphatic heterocycles. The van der Waals surface area contributed by atoms with Gasteiger partial charge in [-0.3, -0.25) is 14.4 Å². The second-order valence-electron chi connectivity index (χ2n) is 7.42. The Labute approximate surface area is 186 Å². The first-order chi connectivity index (χ1) is 15.2. The van der Waals surface area contributed by atoms with Gasteiger partial charge in [-0.25, -0.2) is 4.79 Å². The highest BCUT2D eigenvalue weighted by molar-refractivity contribution is 5.94. The molecular formula is C21H33N5O6. The molecule has 11 heteroatoms. The van der Waals surface area contributed by atoms with E-state index in [-0.39, 0.29) is 19.4 Å². The number of hydrogen-bond acceptors (Lipinski definition) is 7. The van der Waals surface area contributed by atoms with Gasteiger partial charge in [0.15, 0.2) is 0 Å². The van der Waals surface area contributed by atoms with Crippen molar-refractivity contribution in [2.24, 2.45) is 11.5 Å². The van der Waals surface area contributed by atoms with Gasteiger partial charge in [0.05, 0.1) is 12.6 Å². The second-order valence-corrected chi connectivity index (χ2v) is 7.42. The summed E-state index contributed by atoms with van der Waals surface area (Å²) in [6.07, 6.45) is 0.0489. The molecule has 0 radical (unpaired) electrons. The minimum Gasteiger partial charge on any atom is -0.480 e. The molecule has 0 bridgehead atoms. The van der Waals surface area contributed by atoms with E-state index in [1.54, 1.807) is 30.3 Å². The van der Waals surface area contributed by atoms with Gasteiger partial charge in [0.25, 0.3) is 0 Å². The van der Waals surface area contributed by atoms with Gasteiger partial charge in [0, 0.05) is 6.42 Å². The fourth-order valence-corrected chi connectivity index (χ4v) is 2.98. The summed E-state index contributed by atoms with van der Waals surface area (Å²) < 4.78 is 0. The van der Waals surface area contributed by atoms with Crippen molar-refractivity contribution in [2.75, 3.05) is 13.1 Å². The van der Waals surface area contributed by atoms with Crippen molar-refractivity contribution in [1.82, 2.24) is 16.0 Å². The molecule has 0 aliphatic rings. The van der Waals surface area contributed by atoms with Crippen LogP contribution < -0.4 is 27.4 Å². The monoisotopic (exact) mass is 451 g/mol. The van der Waals surface area contributed by atoms with Gasteiger partial charge in [-0.1, -0.05) is 30.3 Å². The summed E-state index contributed by atoms with van der Waals surface area (Å²) in [5, 5.41) is 26.6. The number of hydrogen-bond donors (Lipinski definition) is 7. The van der Waals surface area contributed by atoms with Crippen LogP contribution in [0.1, 0.15) is 31.7 Å². The first kappa shape index (κ1) is 27.0. The van der Waals surface area contributed by atoms with Crippen LogP contribution in [-0.4, -0.2) is 71.2 Å². The first-order valence-electron chi connectivity index (χ1n) is 10.4. The Kier molecular flexibility index (Phi) is 11.9. The largest absolute Gasteiger partial charge is 0.480 e. The Morgan fingerprint density at radius 3 is 2.12 bits per heavy atom. The summed E-state index contributed by atoms with van der Waals surface area (Å²) in [4.78, 5) is 48.8. The van der Waals surface area contributed by atoms with Crippen molar-refractivity contribution < 1.29 is 29.4 Å². The number of amides is 3. The number of carbonyl (C=O) groups is 4. The molecular weight excluding hydrogens is 418 g/mol. The zero-order valence-corrected chi connectivity index (χ0v) is 18.1. The van der Waals surface area contributed by atoms with Crippen LogP contribution in [0.2, 0.25) is 0 Å². The predicted molar refractivity (Wildman–Crippen MR) is 117 cm³/mol. The van der Waals surface area contributed by atoms with Gasteiger partial charge in [0.2, 0.25) is 17.7 Å². The van der Waals surface area contributed by atoms with E-state index in [0.29, 0.717) is 19.4 Å². The van der Waals surface area contributed by atoms with Crippen LogP contribution in [0, 0.1) is 0 Å². The van der Waals surface area contributed by atoms with Crippen LogP contribution in [0.4, 0.5) is 0 Å². The molecule has 1 rings (SSSR count). The van der Waals surface area contributed by atoms with Crippen molar-refractivity contribution in [2.45, 2.75) is 56.8 Å². The quantitative estimate of drug-likeness (QED) is 0.161. The molecule has 4 atom stereocenters. The molecule has 3 amide bonds. The highest BCUT2D eigenvalue weighted by atomic mass is 16.4. The highest BCUT2D eigenvalue weighted by Gasteiger charge is 2.32. The molecule has 1 aromatic rings. The zero-order valence-electron chi connectivity index (χ0n) is 18.1. The maximum absolute atomic E-state index is 12.9. The molecule has 1 aromatic carbocycles. The predicted octanol–water partition coefficient (Wildman–Crippen LogP) is -1.76. The molecule has 0 spiro atoms. The normalized spacial score (nSPS) is 14.5. The number of nitrogens with one attached hydrogen (secondary N) is 3. The van der Waals surface area contributed by atoms with Crippen LogP contribution in [-0.2, 0) is 25.6 Å². The third-order valence-electron chi connectivity index (χ3n) is 4.74. The van der Waals surface area contributed by atoms with E-state index in [4.69, 9.17) is 11.5 Å². The molecule has 9 N–H and O–H groups in total. The smallest absolute Gasteiger partial charge is 0.326 e. The highest BCUT2D eigenvalue weighted by Crippen LogP contribution is 2.06. The fourth-order valence-electron chi connectivity index (χ4n) is 2.98. The standard InChI is InChI=1S/C21H33N5O6/c1-13(27)18(20(30)25-15(21(31)32)9-5-6-10-22)26-19(29)16(24-17(28)12-23)11-14-7-3-2-4-8-14/h2-4,7-8,13,15-16,18,27H,5-6,9-12,22-23H2,1H3,(H,24,28)(H,25,30)(H,26,29)(H,31,32). The fraction of sp³-hybridized carbons (Fsp3) is 0.524. The van der Waals surface area contributed by atoms with Crippen LogP contribution in [0.5, 0.6) is 0 Å². The van der Waals surface area contributed by atoms with Crippen molar-refractivity contribution in [3.05, 3.63) is 35.9 Å². The lowest BCUT2D eigenvalue weighted by Gasteiger charge is -2.26. The number of aliphatic hydroxyl groups excluding tert-OH is 1. The number of unbranched alkanes of at least 4 members (excludes halogenated alkanes) is 1. The summed E-state index contributed by atoms with van der Waals surface area (Å²) >= 11 is 0. The topological polar surface area (TPSA) is 197 Å². The van der Waals surface area contributed by atoms with Crippen LogP contribution in [0.3, 0.4) is 0 Å². The summed E-state index contributed by atoms with van der Waals surface area (Å²) in [6.45, 7) is 1.35. The van der Waals surface area contributed by atoms with Crippen molar-refractivity contribution in [3.8, 4) is 0 Å². The van der Waals surface area contributed by atoms with E-state index in [1.165, 1.54) is 6.92 Å². The third-order valence-corrected chi connectivity index (χ3v) is 4.74. The summed E-state index contributed by atoms with van der Waals surface area (Å²) in [5.74, 6) is -3.36. The van der Waals surface area contributed by atoms with E-state index < -0.39 is 47.9 Å². The molecule has 4 unspecified atom stereocenters. The van der Waals surface area contributed by atoms with Crippen molar-refractivity contribution in [3.63, 3.8) is 0 Å². The van der Waals surface area contributed by atoms with Gasteiger partial charge in [0.1, 0.15) is 18.1 Å². The average Bonchev–Trinajstić information content (AvgIpc) is 2.76. The first-order valence-corrected chi connectivity index (χ1v) is 10.4. The number of carboxylic acids is 1. The Balaban J connectivity index is 2.92. The second kappa shape index (κ2) is 14.1. The van der Waals surface area contributed by atoms with E-state index >= 15 is 0 Å². The molecule has 11 nitrogen and oxygen atoms in total. The SMILES string of the molecule is CC(O)C(NC(=O)C(Cc1ccccc1)NC(=O)CN)C(=O)NC(CCCCN)C(=O)O. The number of carboxylic acid groups (broad SMARTS) is 1. The van der Waals surface area contributed by atoms with Gasteiger partial charge in [-0.05, 0) is 38.3 Å². The average molecular weight is 452 g/mol. The number of rotatable bonds is 14. The molecule has 0 fully saturated rings. The van der Waals surface area contributed by atoms with Crippen molar-refractivity contribution >= 4 is 23.7 Å². The molecule has 32 heavy (non-hydrogen) atoms. The number of carbonyl (C=O) groups excluding carboxylic acids is 3. The minimum atomic E-state index is -1.42. The minimum absolute atomic E-state index is 0.128. The number of benzene rings is 1. The lowest BCUT2D eigenvalue weighted by Crippen LogP contribution is -2.59. The van der Waals surface area contributed by atoms with Crippen LogP contribution in [0.25, 0.3) is 0 Å². The maximum Gasteiger partial charge on any atom is 0.326 e. The number of aliphatic hydroxyl groups is 1. The Morgan fingerprint density at radius 2 is 1.59 bits per heavy atom. The van der Waals surface area contributed by atoms with Gasteiger partial charge in [-0.15, -0.1) is 0 Å². The molecule has 0 saturated carbocycles. The van der Waals surface area contributed by atoms with Gasteiger partial charge in [-0.2, -0.15) is 0 Å². The molecule has 0 saturated heterocycles. The van der Waals surface area contributed by atoms with Crippen molar-refractivity contribution in [1.29, 1.82) is 0 Å². The van der Waals surface area contributed by atoms with E-state index in [2.05, 4.69) is 16.0 Å². The number of aliphatic carboxylic acids is 1. The van der Waals surface area contributed by atoms with Crippen LogP contribution in [0.15, 0.2) is 30.3 Å². The molecule has 178 valence electrons. The van der Waals surface area contributed by atoms with Gasteiger partial charge < -0.3 is 37.6 Å². The Morgan fingerprint density at radius 1 is 0.938 bits per heavy atom. The lowest BCUT2D eigenvalue weighted by atomic mass is 10.0. The zero-order chi connectivity index (χ0) is 24.1. The molecule has 0 heterocycles. The van der Waals surface area contributed by atoms with Gasteiger partial charge >= 0.3 is 5.97 Å². The van der Waals surface area contributed by atoms with E-state index in [9.17, 15) is 29.4 Å². The molecule has 0 aromatic heterocycles. The maximum atomic E-state index is 12.9. The number of nitrogens with two attached hydrogens (primary N) is 2. The van der Waals surface area contributed by atoms with E-state index in [0.717, 1.165) is 5.56 Å². The Bertz CT molecular complexity index is 758. The third kappa shape index (κ3) is 9.41. The summed E-state index contributed by atoms with van der Waals surface area (Å²) in [6, 6.07) is 5.23. The lowest BCUT2D eigenvalue weighted by molar-refractivity contribution is -0.143. The summed E-state index contributed by atoms with van der Waals surface area (Å²) in [5.41, 5.74) is 11.5. The summed E-state index contributed by atoms with van der Waals surface area (Å²) in [7, 11) is 0. The van der Waals surface area contributed by atoms with Crippen LogP contribution >= 0.6 is 0 Å².